The fourth-order valence-corrected chi connectivity index (χ4v) is 15.9. The van der Waals surface area contributed by atoms with E-state index < -0.39 is 30.1 Å². The molecular weight excluding hydrogens is 808 g/mol. The Morgan fingerprint density at radius 2 is 0.352 bits per heavy atom. The summed E-state index contributed by atoms with van der Waals surface area (Å²) in [7, 11) is -25.3. The van der Waals surface area contributed by atoms with Crippen LogP contribution in [0, 0.1) is 0 Å². The molecule has 0 aliphatic rings. The number of hydrogen-bond donors (Lipinski definition) is 0. The predicted octanol–water partition coefficient (Wildman–Crippen LogP) is 13.7. The van der Waals surface area contributed by atoms with Crippen molar-refractivity contribution in [1.29, 1.82) is 0 Å². The zero-order valence-electron chi connectivity index (χ0n) is 28.1. The fourth-order valence-electron chi connectivity index (χ4n) is 6.06. The Kier molecular flexibility index (Phi) is 11.7. The zero-order chi connectivity index (χ0) is 39.9. The van der Waals surface area contributed by atoms with E-state index in [1.54, 1.807) is 0 Å². The number of halogens is 12. The van der Waals surface area contributed by atoms with Crippen molar-refractivity contribution in [3.05, 3.63) is 182 Å². The topological polar surface area (TPSA) is 0 Å². The van der Waals surface area contributed by atoms with Crippen LogP contribution in [0.4, 0.5) is 50.4 Å². The zero-order valence-corrected chi connectivity index (χ0v) is 31.6. The number of benzene rings is 6. The summed E-state index contributed by atoms with van der Waals surface area (Å²) in [6.07, 6.45) is 2.16. The Morgan fingerprint density at radius 3 is 0.463 bits per heavy atom. The second-order valence-corrected chi connectivity index (χ2v) is 23.1. The van der Waals surface area contributed by atoms with Crippen molar-refractivity contribution >= 4 is 62.0 Å². The summed E-state index contributed by atoms with van der Waals surface area (Å²) in [5.74, 6) is 0. The minimum absolute atomic E-state index is 1.08. The van der Waals surface area contributed by atoms with Gasteiger partial charge < -0.3 is 0 Å². The molecule has 0 atom stereocenters. The molecule has 6 aromatic rings. The van der Waals surface area contributed by atoms with E-state index in [1.165, 1.54) is 31.8 Å². The molecule has 54 heavy (non-hydrogen) atoms. The SMILES string of the molecule is F[P-](F)(F)(F)(F)F.F[P-](F)(F)(F)(F)F.c1ccc([P+](CC[P+](c2ccccc2)(c2ccccc2)c2ccccc2)(c2ccccc2)c2ccccc2)cc1. The first-order chi connectivity index (χ1) is 24.7. The molecule has 0 N–H and O–H groups in total. The molecule has 0 bridgehead atoms. The second-order valence-electron chi connectivity index (χ2n) is 12.0. The van der Waals surface area contributed by atoms with Gasteiger partial charge in [-0.2, -0.15) is 0 Å². The minimum Gasteiger partial charge on any atom is -0.0620 e. The van der Waals surface area contributed by atoms with Crippen molar-refractivity contribution < 1.29 is 50.4 Å². The molecule has 6 rings (SSSR count). The molecule has 0 heterocycles. The van der Waals surface area contributed by atoms with Crippen LogP contribution >= 0.6 is 30.1 Å². The van der Waals surface area contributed by atoms with Crippen molar-refractivity contribution in [3.8, 4) is 0 Å². The summed E-state index contributed by atoms with van der Waals surface area (Å²) in [4.78, 5) is 0. The maximum Gasteiger partial charge on any atom is 0.115 e. The van der Waals surface area contributed by atoms with E-state index in [1.807, 2.05) is 0 Å². The van der Waals surface area contributed by atoms with Gasteiger partial charge in [-0.05, 0) is 72.8 Å². The average Bonchev–Trinajstić information content (AvgIpc) is 3.10. The van der Waals surface area contributed by atoms with Gasteiger partial charge in [0.1, 0.15) is 58.7 Å². The van der Waals surface area contributed by atoms with Gasteiger partial charge in [0.2, 0.25) is 0 Å². The van der Waals surface area contributed by atoms with Crippen LogP contribution in [0.25, 0.3) is 0 Å². The molecular formula is C38H34F12P4. The van der Waals surface area contributed by atoms with Gasteiger partial charge in [-0.3, -0.25) is 0 Å². The molecule has 0 aromatic heterocycles. The van der Waals surface area contributed by atoms with Crippen molar-refractivity contribution in [2.24, 2.45) is 0 Å². The third-order valence-corrected chi connectivity index (χ3v) is 17.2. The van der Waals surface area contributed by atoms with Gasteiger partial charge in [0.15, 0.2) is 0 Å². The molecule has 0 fully saturated rings. The third-order valence-electron chi connectivity index (χ3n) is 7.95. The van der Waals surface area contributed by atoms with Crippen molar-refractivity contribution in [3.63, 3.8) is 0 Å². The number of rotatable bonds is 9. The number of hydrogen-bond acceptors (Lipinski definition) is 0. The quantitative estimate of drug-likeness (QED) is 0.100. The molecule has 0 aliphatic heterocycles. The summed E-state index contributed by atoms with van der Waals surface area (Å²) in [6.45, 7) is 0. The molecule has 0 aliphatic carbocycles. The van der Waals surface area contributed by atoms with Gasteiger partial charge in [-0.15, -0.1) is 0 Å². The molecule has 290 valence electrons. The Bertz CT molecular complexity index is 1700. The van der Waals surface area contributed by atoms with Gasteiger partial charge in [0.25, 0.3) is 0 Å². The van der Waals surface area contributed by atoms with Crippen LogP contribution in [0.1, 0.15) is 0 Å². The van der Waals surface area contributed by atoms with E-state index >= 15 is 0 Å². The molecule has 0 saturated heterocycles. The van der Waals surface area contributed by atoms with Crippen LogP contribution < -0.4 is 31.8 Å². The monoisotopic (exact) mass is 842 g/mol. The summed E-state index contributed by atoms with van der Waals surface area (Å²) in [5, 5.41) is 8.66. The Balaban J connectivity index is 0.000000396. The fraction of sp³-hybridized carbons (Fsp3) is 0.0526. The predicted molar refractivity (Wildman–Crippen MR) is 207 cm³/mol. The maximum absolute atomic E-state index is 10.7. The van der Waals surface area contributed by atoms with E-state index in [-0.39, 0.29) is 0 Å². The van der Waals surface area contributed by atoms with Crippen LogP contribution in [-0.4, -0.2) is 12.3 Å². The van der Waals surface area contributed by atoms with Crippen molar-refractivity contribution in [2.75, 3.05) is 12.3 Å². The van der Waals surface area contributed by atoms with E-state index in [0.717, 1.165) is 12.3 Å². The van der Waals surface area contributed by atoms with Gasteiger partial charge in [0, 0.05) is 0 Å². The van der Waals surface area contributed by atoms with Crippen molar-refractivity contribution in [1.82, 2.24) is 0 Å². The molecule has 0 nitrogen and oxygen atoms in total. The van der Waals surface area contributed by atoms with Crippen LogP contribution in [0.15, 0.2) is 182 Å². The summed E-state index contributed by atoms with van der Waals surface area (Å²) >= 11 is 0. The average molecular weight is 843 g/mol. The Labute approximate surface area is 306 Å². The van der Waals surface area contributed by atoms with Crippen molar-refractivity contribution in [2.45, 2.75) is 0 Å². The molecule has 0 saturated carbocycles. The van der Waals surface area contributed by atoms with Gasteiger partial charge in [-0.25, -0.2) is 0 Å². The molecule has 0 radical (unpaired) electrons. The van der Waals surface area contributed by atoms with Crippen LogP contribution in [0.5, 0.6) is 0 Å². The maximum atomic E-state index is 9.87. The van der Waals surface area contributed by atoms with Gasteiger partial charge in [0.05, 0.1) is 0 Å². The van der Waals surface area contributed by atoms with Gasteiger partial charge >= 0.3 is 66.0 Å². The van der Waals surface area contributed by atoms with E-state index in [0.29, 0.717) is 0 Å². The van der Waals surface area contributed by atoms with E-state index in [4.69, 9.17) is 0 Å². The summed E-state index contributed by atoms with van der Waals surface area (Å²) in [6, 6.07) is 67.8. The van der Waals surface area contributed by atoms with Crippen LogP contribution in [-0.2, 0) is 0 Å². The van der Waals surface area contributed by atoms with E-state index in [9.17, 15) is 50.4 Å². The van der Waals surface area contributed by atoms with E-state index in [2.05, 4.69) is 182 Å². The largest absolute Gasteiger partial charge is 0.115 e. The third kappa shape index (κ3) is 14.1. The molecule has 0 amide bonds. The first-order valence-electron chi connectivity index (χ1n) is 16.0. The minimum atomic E-state index is -10.7. The molecule has 0 unspecified atom stereocenters. The second kappa shape index (κ2) is 14.7. The smallest absolute Gasteiger partial charge is 0.0620 e. The Hall–Kier alpha value is -3.80. The summed E-state index contributed by atoms with van der Waals surface area (Å²) < 4.78 is 118. The standard InChI is InChI=1S/C38H34P2.2F6P/c1-7-19-33(20-8-1)39(34-21-9-2-10-22-34,35-23-11-3-12-24-35)31-32-40(36-25-13-4-14-26-36,37-27-15-5-16-28-37)38-29-17-6-18-30-38;2*1-7(2,3,4,5)6/h1-30H,31-32H2;;/q+2;2*-1. The first kappa shape index (κ1) is 42.9. The molecule has 16 heteroatoms. The molecule has 6 aromatic carbocycles. The normalized spacial score (nSPS) is 14.7. The van der Waals surface area contributed by atoms with Crippen LogP contribution in [0.3, 0.4) is 0 Å². The van der Waals surface area contributed by atoms with Crippen LogP contribution in [0.2, 0.25) is 0 Å². The summed E-state index contributed by atoms with van der Waals surface area (Å²) in [5.41, 5.74) is 0. The molecule has 0 spiro atoms. The van der Waals surface area contributed by atoms with Gasteiger partial charge in [-0.1, -0.05) is 109 Å². The first-order valence-corrected chi connectivity index (χ1v) is 24.0. The Morgan fingerprint density at radius 1 is 0.241 bits per heavy atom.